The van der Waals surface area contributed by atoms with E-state index in [-0.39, 0.29) is 0 Å². The van der Waals surface area contributed by atoms with Gasteiger partial charge in [-0.2, -0.15) is 0 Å². The van der Waals surface area contributed by atoms with Crippen molar-refractivity contribution in [1.29, 1.82) is 0 Å². The Morgan fingerprint density at radius 2 is 1.76 bits per heavy atom. The lowest BCUT2D eigenvalue weighted by molar-refractivity contribution is 0.339. The highest BCUT2D eigenvalue weighted by Crippen LogP contribution is 2.24. The normalized spacial score (nSPS) is 10.4. The summed E-state index contributed by atoms with van der Waals surface area (Å²) in [5.41, 5.74) is 7.78. The number of hydrogen-bond acceptors (Lipinski definition) is 4. The summed E-state index contributed by atoms with van der Waals surface area (Å²) in [5.74, 6) is 2.16. The standard InChI is InChI=1S/C17H22N2O2/c1-3-5-14-10-13(12-18)11-17(19-14)21-16-8-6-15(7-9-16)20-4-2/h6-11H,3-5,12,18H2,1-2H3. The summed E-state index contributed by atoms with van der Waals surface area (Å²) in [6, 6.07) is 11.4. The smallest absolute Gasteiger partial charge is 0.219 e. The summed E-state index contributed by atoms with van der Waals surface area (Å²) >= 11 is 0. The van der Waals surface area contributed by atoms with Crippen LogP contribution in [0, 0.1) is 0 Å². The Balaban J connectivity index is 2.15. The van der Waals surface area contributed by atoms with E-state index in [9.17, 15) is 0 Å². The first-order chi connectivity index (χ1) is 10.2. The molecule has 0 bridgehead atoms. The zero-order valence-corrected chi connectivity index (χ0v) is 12.6. The highest BCUT2D eigenvalue weighted by Gasteiger charge is 2.05. The third kappa shape index (κ3) is 4.46. The van der Waals surface area contributed by atoms with E-state index >= 15 is 0 Å². The maximum Gasteiger partial charge on any atom is 0.219 e. The van der Waals surface area contributed by atoms with Gasteiger partial charge in [-0.25, -0.2) is 4.98 Å². The van der Waals surface area contributed by atoms with E-state index in [1.54, 1.807) is 0 Å². The number of pyridine rings is 1. The van der Waals surface area contributed by atoms with Gasteiger partial charge in [0.15, 0.2) is 0 Å². The molecule has 4 heteroatoms. The lowest BCUT2D eigenvalue weighted by atomic mass is 10.1. The maximum atomic E-state index is 5.82. The number of nitrogens with zero attached hydrogens (tertiary/aromatic N) is 1. The molecular formula is C17H22N2O2. The van der Waals surface area contributed by atoms with Crippen molar-refractivity contribution < 1.29 is 9.47 Å². The Labute approximate surface area is 125 Å². The van der Waals surface area contributed by atoms with E-state index in [4.69, 9.17) is 15.2 Å². The van der Waals surface area contributed by atoms with Crippen molar-refractivity contribution in [3.8, 4) is 17.4 Å². The first-order valence-corrected chi connectivity index (χ1v) is 7.35. The van der Waals surface area contributed by atoms with Gasteiger partial charge in [0.1, 0.15) is 11.5 Å². The van der Waals surface area contributed by atoms with Crippen LogP contribution < -0.4 is 15.2 Å². The first kappa shape index (κ1) is 15.3. The molecule has 1 aromatic heterocycles. The summed E-state index contributed by atoms with van der Waals surface area (Å²) in [6.07, 6.45) is 1.97. The molecule has 4 nitrogen and oxygen atoms in total. The minimum absolute atomic E-state index is 0.485. The molecule has 2 N–H and O–H groups in total. The molecule has 1 heterocycles. The van der Waals surface area contributed by atoms with Gasteiger partial charge < -0.3 is 15.2 Å². The second kappa shape index (κ2) is 7.64. The molecule has 0 saturated carbocycles. The molecule has 2 aromatic rings. The molecule has 0 amide bonds. The lowest BCUT2D eigenvalue weighted by Crippen LogP contribution is -2.01. The zero-order chi connectivity index (χ0) is 15.1. The number of hydrogen-bond donors (Lipinski definition) is 1. The van der Waals surface area contributed by atoms with Crippen LogP contribution in [0.2, 0.25) is 0 Å². The Hall–Kier alpha value is -2.07. The van der Waals surface area contributed by atoms with Crippen LogP contribution in [-0.2, 0) is 13.0 Å². The highest BCUT2D eigenvalue weighted by atomic mass is 16.5. The fraction of sp³-hybridized carbons (Fsp3) is 0.353. The van der Waals surface area contributed by atoms with Crippen molar-refractivity contribution in [1.82, 2.24) is 4.98 Å². The fourth-order valence-corrected chi connectivity index (χ4v) is 2.07. The molecule has 0 spiro atoms. The SMILES string of the molecule is CCCc1cc(CN)cc(Oc2ccc(OCC)cc2)n1. The Morgan fingerprint density at radius 1 is 1.05 bits per heavy atom. The van der Waals surface area contributed by atoms with E-state index in [0.717, 1.165) is 35.6 Å². The van der Waals surface area contributed by atoms with Crippen LogP contribution >= 0.6 is 0 Å². The van der Waals surface area contributed by atoms with Crippen LogP contribution in [0.15, 0.2) is 36.4 Å². The highest BCUT2D eigenvalue weighted by molar-refractivity contribution is 5.35. The maximum absolute atomic E-state index is 5.82. The van der Waals surface area contributed by atoms with Crippen LogP contribution in [0.25, 0.3) is 0 Å². The van der Waals surface area contributed by atoms with E-state index in [2.05, 4.69) is 11.9 Å². The van der Waals surface area contributed by atoms with Gasteiger partial charge in [0.2, 0.25) is 5.88 Å². The van der Waals surface area contributed by atoms with E-state index < -0.39 is 0 Å². The van der Waals surface area contributed by atoms with Crippen molar-refractivity contribution in [2.24, 2.45) is 5.73 Å². The zero-order valence-electron chi connectivity index (χ0n) is 12.6. The molecule has 112 valence electrons. The van der Waals surface area contributed by atoms with Gasteiger partial charge in [0.25, 0.3) is 0 Å². The predicted molar refractivity (Wildman–Crippen MR) is 83.8 cm³/mol. The van der Waals surface area contributed by atoms with Crippen LogP contribution in [-0.4, -0.2) is 11.6 Å². The fourth-order valence-electron chi connectivity index (χ4n) is 2.07. The molecule has 21 heavy (non-hydrogen) atoms. The number of aryl methyl sites for hydroxylation is 1. The molecule has 0 atom stereocenters. The number of ether oxygens (including phenoxy) is 2. The molecule has 0 unspecified atom stereocenters. The van der Waals surface area contributed by atoms with Crippen LogP contribution in [0.5, 0.6) is 17.4 Å². The number of nitrogens with two attached hydrogens (primary N) is 1. The molecule has 0 aliphatic rings. The molecule has 0 fully saturated rings. The van der Waals surface area contributed by atoms with E-state index in [0.29, 0.717) is 19.0 Å². The van der Waals surface area contributed by atoms with Gasteiger partial charge in [0, 0.05) is 18.3 Å². The summed E-state index contributed by atoms with van der Waals surface area (Å²) in [4.78, 5) is 4.52. The molecular weight excluding hydrogens is 264 g/mol. The van der Waals surface area contributed by atoms with Gasteiger partial charge in [0.05, 0.1) is 6.61 Å². The number of benzene rings is 1. The molecule has 0 aliphatic carbocycles. The van der Waals surface area contributed by atoms with Gasteiger partial charge in [-0.1, -0.05) is 13.3 Å². The molecule has 1 aromatic carbocycles. The average molecular weight is 286 g/mol. The van der Waals surface area contributed by atoms with Crippen LogP contribution in [0.1, 0.15) is 31.5 Å². The minimum atomic E-state index is 0.485. The summed E-state index contributed by atoms with van der Waals surface area (Å²) < 4.78 is 11.2. The average Bonchev–Trinajstić information content (AvgIpc) is 2.49. The largest absolute Gasteiger partial charge is 0.494 e. The first-order valence-electron chi connectivity index (χ1n) is 7.35. The minimum Gasteiger partial charge on any atom is -0.494 e. The second-order valence-corrected chi connectivity index (χ2v) is 4.77. The van der Waals surface area contributed by atoms with E-state index in [1.165, 1.54) is 0 Å². The summed E-state index contributed by atoms with van der Waals surface area (Å²) in [7, 11) is 0. The van der Waals surface area contributed by atoms with Crippen LogP contribution in [0.4, 0.5) is 0 Å². The molecule has 0 radical (unpaired) electrons. The Morgan fingerprint density at radius 3 is 2.38 bits per heavy atom. The number of rotatable bonds is 7. The quantitative estimate of drug-likeness (QED) is 0.843. The van der Waals surface area contributed by atoms with Crippen molar-refractivity contribution >= 4 is 0 Å². The van der Waals surface area contributed by atoms with E-state index in [1.807, 2.05) is 43.3 Å². The second-order valence-electron chi connectivity index (χ2n) is 4.77. The van der Waals surface area contributed by atoms with Crippen molar-refractivity contribution in [3.05, 3.63) is 47.7 Å². The van der Waals surface area contributed by atoms with Gasteiger partial charge >= 0.3 is 0 Å². The molecule has 2 rings (SSSR count). The van der Waals surface area contributed by atoms with Crippen molar-refractivity contribution in [2.75, 3.05) is 6.61 Å². The van der Waals surface area contributed by atoms with Crippen LogP contribution in [0.3, 0.4) is 0 Å². The van der Waals surface area contributed by atoms with Gasteiger partial charge in [-0.3, -0.25) is 0 Å². The predicted octanol–water partition coefficient (Wildman–Crippen LogP) is 3.68. The van der Waals surface area contributed by atoms with Crippen molar-refractivity contribution in [3.63, 3.8) is 0 Å². The molecule has 0 saturated heterocycles. The summed E-state index contributed by atoms with van der Waals surface area (Å²) in [5, 5.41) is 0. The number of aromatic nitrogens is 1. The van der Waals surface area contributed by atoms with Gasteiger partial charge in [-0.05, 0) is 49.2 Å². The topological polar surface area (TPSA) is 57.4 Å². The molecule has 0 aliphatic heterocycles. The lowest BCUT2D eigenvalue weighted by Gasteiger charge is -2.09. The van der Waals surface area contributed by atoms with Crippen molar-refractivity contribution in [2.45, 2.75) is 33.2 Å². The Kier molecular flexibility index (Phi) is 5.58. The third-order valence-electron chi connectivity index (χ3n) is 3.01. The third-order valence-corrected chi connectivity index (χ3v) is 3.01. The Bertz CT molecular complexity index is 568. The monoisotopic (exact) mass is 286 g/mol. The van der Waals surface area contributed by atoms with Gasteiger partial charge in [-0.15, -0.1) is 0 Å². The summed E-state index contributed by atoms with van der Waals surface area (Å²) in [6.45, 7) is 5.23.